The van der Waals surface area contributed by atoms with E-state index in [4.69, 9.17) is 4.74 Å². The van der Waals surface area contributed by atoms with Crippen LogP contribution in [0.4, 0.5) is 11.4 Å². The average Bonchev–Trinajstić information content (AvgIpc) is 2.74. The molecule has 3 rings (SSSR count). The van der Waals surface area contributed by atoms with Gasteiger partial charge in [-0.25, -0.2) is 0 Å². The maximum absolute atomic E-state index is 12.8. The fourth-order valence-electron chi connectivity index (χ4n) is 3.66. The van der Waals surface area contributed by atoms with Crippen molar-refractivity contribution in [3.63, 3.8) is 0 Å². The van der Waals surface area contributed by atoms with E-state index in [-0.39, 0.29) is 11.3 Å². The summed E-state index contributed by atoms with van der Waals surface area (Å²) < 4.78 is 5.45. The standard InChI is InChI=1S/C23H29N3O3/c1-23(2,18-7-5-4-6-8-18)16-22(28)24-20-15-19(9-10-21(20)29-3)26-13-11-25(17-27)12-14-26/h4-10,15,17H,11-14,16H2,1-3H3,(H,24,28). The summed E-state index contributed by atoms with van der Waals surface area (Å²) in [6.45, 7) is 7.06. The van der Waals surface area contributed by atoms with Crippen LogP contribution >= 0.6 is 0 Å². The van der Waals surface area contributed by atoms with Gasteiger partial charge in [0, 0.05) is 38.3 Å². The molecular formula is C23H29N3O3. The van der Waals surface area contributed by atoms with Crippen molar-refractivity contribution >= 4 is 23.7 Å². The van der Waals surface area contributed by atoms with Crippen molar-refractivity contribution in [1.82, 2.24) is 4.90 Å². The number of carbonyl (C=O) groups excluding carboxylic acids is 2. The molecule has 6 nitrogen and oxygen atoms in total. The summed E-state index contributed by atoms with van der Waals surface area (Å²) in [5.74, 6) is 0.575. The number of piperazine rings is 1. The van der Waals surface area contributed by atoms with Gasteiger partial charge >= 0.3 is 0 Å². The summed E-state index contributed by atoms with van der Waals surface area (Å²) in [4.78, 5) is 27.7. The molecule has 1 fully saturated rings. The number of carbonyl (C=O) groups is 2. The number of rotatable bonds is 7. The zero-order chi connectivity index (χ0) is 20.9. The lowest BCUT2D eigenvalue weighted by molar-refractivity contribution is -0.118. The Morgan fingerprint density at radius 2 is 1.79 bits per heavy atom. The molecule has 0 bridgehead atoms. The molecule has 1 aliphatic heterocycles. The predicted molar refractivity (Wildman–Crippen MR) is 116 cm³/mol. The van der Waals surface area contributed by atoms with E-state index in [1.165, 1.54) is 0 Å². The smallest absolute Gasteiger partial charge is 0.225 e. The van der Waals surface area contributed by atoms with Crippen LogP contribution in [-0.4, -0.2) is 50.5 Å². The van der Waals surface area contributed by atoms with Gasteiger partial charge in [0.25, 0.3) is 0 Å². The molecule has 154 valence electrons. The third-order valence-electron chi connectivity index (χ3n) is 5.44. The second-order valence-corrected chi connectivity index (χ2v) is 7.99. The maximum atomic E-state index is 12.8. The number of methoxy groups -OCH3 is 1. The fourth-order valence-corrected chi connectivity index (χ4v) is 3.66. The van der Waals surface area contributed by atoms with Crippen molar-refractivity contribution in [2.45, 2.75) is 25.7 Å². The van der Waals surface area contributed by atoms with Gasteiger partial charge in [-0.2, -0.15) is 0 Å². The van der Waals surface area contributed by atoms with Crippen molar-refractivity contribution < 1.29 is 14.3 Å². The second kappa shape index (κ2) is 8.99. The molecule has 29 heavy (non-hydrogen) atoms. The first-order valence-corrected chi connectivity index (χ1v) is 9.90. The molecule has 2 aromatic carbocycles. The third-order valence-corrected chi connectivity index (χ3v) is 5.44. The normalized spacial score (nSPS) is 14.4. The molecular weight excluding hydrogens is 366 g/mol. The van der Waals surface area contributed by atoms with E-state index in [2.05, 4.69) is 24.1 Å². The monoisotopic (exact) mass is 395 g/mol. The van der Waals surface area contributed by atoms with Crippen molar-refractivity contribution in [2.24, 2.45) is 0 Å². The highest BCUT2D eigenvalue weighted by atomic mass is 16.5. The third kappa shape index (κ3) is 5.08. The van der Waals surface area contributed by atoms with Gasteiger partial charge < -0.3 is 19.9 Å². The van der Waals surface area contributed by atoms with Crippen molar-refractivity contribution in [3.8, 4) is 5.75 Å². The van der Waals surface area contributed by atoms with Crippen LogP contribution in [0.3, 0.4) is 0 Å². The highest BCUT2D eigenvalue weighted by Crippen LogP contribution is 2.32. The molecule has 2 amide bonds. The molecule has 0 aromatic heterocycles. The summed E-state index contributed by atoms with van der Waals surface area (Å²) in [6, 6.07) is 15.9. The Balaban J connectivity index is 1.72. The number of nitrogens with zero attached hydrogens (tertiary/aromatic N) is 2. The summed E-state index contributed by atoms with van der Waals surface area (Å²) in [6.07, 6.45) is 1.26. The van der Waals surface area contributed by atoms with Crippen LogP contribution in [0.2, 0.25) is 0 Å². The SMILES string of the molecule is COc1ccc(N2CCN(C=O)CC2)cc1NC(=O)CC(C)(C)c1ccccc1. The van der Waals surface area contributed by atoms with E-state index in [0.29, 0.717) is 30.9 Å². The number of ether oxygens (including phenoxy) is 1. The molecule has 0 aliphatic carbocycles. The van der Waals surface area contributed by atoms with Crippen LogP contribution in [0.5, 0.6) is 5.75 Å². The molecule has 1 N–H and O–H groups in total. The lowest BCUT2D eigenvalue weighted by atomic mass is 9.81. The van der Waals surface area contributed by atoms with Crippen molar-refractivity contribution in [1.29, 1.82) is 0 Å². The van der Waals surface area contributed by atoms with Crippen molar-refractivity contribution in [3.05, 3.63) is 54.1 Å². The molecule has 0 radical (unpaired) electrons. The van der Waals surface area contributed by atoms with E-state index in [9.17, 15) is 9.59 Å². The lowest BCUT2D eigenvalue weighted by Gasteiger charge is -2.34. The van der Waals surface area contributed by atoms with E-state index >= 15 is 0 Å². The number of benzene rings is 2. The first-order valence-electron chi connectivity index (χ1n) is 9.90. The van der Waals surface area contributed by atoms with Crippen LogP contribution in [-0.2, 0) is 15.0 Å². The van der Waals surface area contributed by atoms with Gasteiger partial charge in [-0.1, -0.05) is 44.2 Å². The topological polar surface area (TPSA) is 61.9 Å². The zero-order valence-corrected chi connectivity index (χ0v) is 17.4. The zero-order valence-electron chi connectivity index (χ0n) is 17.4. The molecule has 0 spiro atoms. The van der Waals surface area contributed by atoms with Crippen LogP contribution in [0.25, 0.3) is 0 Å². The van der Waals surface area contributed by atoms with Crippen molar-refractivity contribution in [2.75, 3.05) is 43.5 Å². The average molecular weight is 396 g/mol. The molecule has 1 heterocycles. The van der Waals surface area contributed by atoms with E-state index in [1.54, 1.807) is 12.0 Å². The van der Waals surface area contributed by atoms with Crippen LogP contribution < -0.4 is 15.0 Å². The lowest BCUT2D eigenvalue weighted by Crippen LogP contribution is -2.45. The van der Waals surface area contributed by atoms with Gasteiger partial charge in [-0.3, -0.25) is 9.59 Å². The molecule has 2 aromatic rings. The van der Waals surface area contributed by atoms with Gasteiger partial charge in [0.2, 0.25) is 12.3 Å². The summed E-state index contributed by atoms with van der Waals surface area (Å²) in [7, 11) is 1.60. The van der Waals surface area contributed by atoms with Gasteiger partial charge in [0.1, 0.15) is 5.75 Å². The van der Waals surface area contributed by atoms with E-state index < -0.39 is 0 Å². The van der Waals surface area contributed by atoms with Crippen LogP contribution in [0.1, 0.15) is 25.8 Å². The number of amides is 2. The highest BCUT2D eigenvalue weighted by Gasteiger charge is 2.25. The Kier molecular flexibility index (Phi) is 6.42. The number of anilines is 2. The Morgan fingerprint density at radius 3 is 2.41 bits per heavy atom. The minimum atomic E-state index is -0.276. The molecule has 0 atom stereocenters. The van der Waals surface area contributed by atoms with E-state index in [1.807, 2.05) is 48.5 Å². The van der Waals surface area contributed by atoms with Crippen LogP contribution in [0.15, 0.2) is 48.5 Å². The Morgan fingerprint density at radius 1 is 1.10 bits per heavy atom. The summed E-state index contributed by atoms with van der Waals surface area (Å²) >= 11 is 0. The second-order valence-electron chi connectivity index (χ2n) is 7.99. The molecule has 6 heteroatoms. The Hall–Kier alpha value is -3.02. The maximum Gasteiger partial charge on any atom is 0.225 e. The number of hydrogen-bond acceptors (Lipinski definition) is 4. The van der Waals surface area contributed by atoms with Gasteiger partial charge in [0.05, 0.1) is 12.8 Å². The first-order chi connectivity index (χ1) is 13.9. The molecule has 1 saturated heterocycles. The largest absolute Gasteiger partial charge is 0.495 e. The molecule has 1 aliphatic rings. The fraction of sp³-hybridized carbons (Fsp3) is 0.391. The van der Waals surface area contributed by atoms with Gasteiger partial charge in [-0.15, -0.1) is 0 Å². The number of nitrogens with one attached hydrogen (secondary N) is 1. The van der Waals surface area contributed by atoms with Gasteiger partial charge in [-0.05, 0) is 29.2 Å². The minimum Gasteiger partial charge on any atom is -0.495 e. The number of hydrogen-bond donors (Lipinski definition) is 1. The minimum absolute atomic E-state index is 0.0555. The quantitative estimate of drug-likeness (QED) is 0.731. The van der Waals surface area contributed by atoms with E-state index in [0.717, 1.165) is 30.8 Å². The Bertz CT molecular complexity index is 844. The van der Waals surface area contributed by atoms with Crippen LogP contribution in [0, 0.1) is 0 Å². The summed E-state index contributed by atoms with van der Waals surface area (Å²) in [5, 5.41) is 3.03. The predicted octanol–water partition coefficient (Wildman–Crippen LogP) is 3.28. The Labute approximate surface area is 172 Å². The van der Waals surface area contributed by atoms with Gasteiger partial charge in [0.15, 0.2) is 0 Å². The first kappa shape index (κ1) is 20.7. The highest BCUT2D eigenvalue weighted by molar-refractivity contribution is 5.93. The molecule has 0 saturated carbocycles. The summed E-state index contributed by atoms with van der Waals surface area (Å²) in [5.41, 5.74) is 2.52. The molecule has 0 unspecified atom stereocenters.